The lowest BCUT2D eigenvalue weighted by molar-refractivity contribution is 0.164. The van der Waals surface area contributed by atoms with Crippen molar-refractivity contribution in [2.45, 2.75) is 20.8 Å². The predicted octanol–water partition coefficient (Wildman–Crippen LogP) is 2.69. The number of amides is 2. The molecule has 0 radical (unpaired) electrons. The lowest BCUT2D eigenvalue weighted by atomic mass is 10.1. The van der Waals surface area contributed by atoms with Gasteiger partial charge < -0.3 is 9.80 Å². The minimum atomic E-state index is -0.0652. The Morgan fingerprint density at radius 3 is 2.43 bits per heavy atom. The van der Waals surface area contributed by atoms with E-state index in [4.69, 9.17) is 0 Å². The van der Waals surface area contributed by atoms with Crippen LogP contribution < -0.4 is 5.32 Å². The van der Waals surface area contributed by atoms with E-state index in [0.717, 1.165) is 42.6 Å². The molecule has 1 aliphatic heterocycles. The van der Waals surface area contributed by atoms with Crippen molar-refractivity contribution in [1.29, 1.82) is 0 Å². The summed E-state index contributed by atoms with van der Waals surface area (Å²) < 4.78 is 1.82. The third kappa shape index (κ3) is 3.64. The summed E-state index contributed by atoms with van der Waals surface area (Å²) in [4.78, 5) is 16.4. The summed E-state index contributed by atoms with van der Waals surface area (Å²) in [6.07, 6.45) is 0. The number of rotatable bonds is 1. The van der Waals surface area contributed by atoms with Crippen molar-refractivity contribution in [3.63, 3.8) is 0 Å². The molecule has 6 nitrogen and oxygen atoms in total. The lowest BCUT2D eigenvalue weighted by Gasteiger charge is -2.32. The fourth-order valence-corrected chi connectivity index (χ4v) is 2.82. The number of nitrogens with zero attached hydrogens (tertiary/aromatic N) is 4. The number of hydrogen-bond acceptors (Lipinski definition) is 3. The molecule has 3 rings (SSSR count). The van der Waals surface area contributed by atoms with Gasteiger partial charge in [0.25, 0.3) is 0 Å². The van der Waals surface area contributed by atoms with E-state index in [9.17, 15) is 4.79 Å². The lowest BCUT2D eigenvalue weighted by Crippen LogP contribution is -2.48. The average Bonchev–Trinajstić information content (AvgIpc) is 2.87. The second-order valence-corrected chi connectivity index (χ2v) is 5.66. The van der Waals surface area contributed by atoms with Gasteiger partial charge in [-0.1, -0.05) is 26.0 Å². The van der Waals surface area contributed by atoms with Crippen molar-refractivity contribution in [3.8, 4) is 0 Å². The van der Waals surface area contributed by atoms with Crippen LogP contribution in [0.2, 0.25) is 0 Å². The normalized spacial score (nSPS) is 15.3. The first-order chi connectivity index (χ1) is 11.1. The Morgan fingerprint density at radius 1 is 1.13 bits per heavy atom. The molecule has 2 aromatic rings. The molecular formula is C17H27N5O. The van der Waals surface area contributed by atoms with E-state index in [2.05, 4.69) is 35.4 Å². The molecule has 2 amide bonds. The smallest absolute Gasteiger partial charge is 0.322 e. The number of likely N-dealkylation sites (N-methyl/N-ethyl adjacent to an activating group) is 1. The van der Waals surface area contributed by atoms with Crippen LogP contribution in [-0.2, 0) is 7.05 Å². The molecule has 0 unspecified atom stereocenters. The second-order valence-electron chi connectivity index (χ2n) is 5.66. The highest BCUT2D eigenvalue weighted by atomic mass is 16.2. The number of aromatic nitrogens is 2. The number of nitrogens with one attached hydrogen (secondary N) is 1. The molecule has 6 heteroatoms. The van der Waals surface area contributed by atoms with Crippen molar-refractivity contribution < 1.29 is 4.79 Å². The third-order valence-corrected chi connectivity index (χ3v) is 4.08. The number of urea groups is 1. The highest BCUT2D eigenvalue weighted by molar-refractivity contribution is 6.00. The second kappa shape index (κ2) is 7.46. The number of fused-ring (bicyclic) bond motifs is 1. The van der Waals surface area contributed by atoms with Gasteiger partial charge in [0.05, 0.1) is 5.52 Å². The molecule has 1 aliphatic rings. The van der Waals surface area contributed by atoms with E-state index in [1.54, 1.807) is 0 Å². The molecular weight excluding hydrogens is 290 g/mol. The molecule has 1 aromatic carbocycles. The van der Waals surface area contributed by atoms with Crippen LogP contribution in [-0.4, -0.2) is 58.8 Å². The summed E-state index contributed by atoms with van der Waals surface area (Å²) in [6, 6.07) is 5.97. The zero-order valence-electron chi connectivity index (χ0n) is 14.8. The standard InChI is InChI=1S/C15H21N5O.C2H6/c1-11-5-4-6-12-13(11)19(3)17-14(12)16-15(21)20-9-7-18(2)8-10-20;1-2/h4-6H,7-10H2,1-3H3,(H,16,17,21);1-2H3. The van der Waals surface area contributed by atoms with Crippen LogP contribution in [0.3, 0.4) is 0 Å². The SMILES string of the molecule is CC.Cc1cccc2c(NC(=O)N3CCN(C)CC3)nn(C)c12. The molecule has 1 saturated heterocycles. The molecule has 1 fully saturated rings. The minimum Gasteiger partial charge on any atom is -0.322 e. The van der Waals surface area contributed by atoms with Crippen LogP contribution in [0.5, 0.6) is 0 Å². The van der Waals surface area contributed by atoms with E-state index in [-0.39, 0.29) is 6.03 Å². The molecule has 1 aromatic heterocycles. The van der Waals surface area contributed by atoms with E-state index in [0.29, 0.717) is 5.82 Å². The van der Waals surface area contributed by atoms with Crippen molar-refractivity contribution in [1.82, 2.24) is 19.6 Å². The van der Waals surface area contributed by atoms with Crippen molar-refractivity contribution in [2.24, 2.45) is 7.05 Å². The zero-order chi connectivity index (χ0) is 17.0. The fraction of sp³-hybridized carbons (Fsp3) is 0.529. The van der Waals surface area contributed by atoms with Gasteiger partial charge in [0.1, 0.15) is 0 Å². The summed E-state index contributed by atoms with van der Waals surface area (Å²) in [7, 11) is 3.98. The van der Waals surface area contributed by atoms with Crippen molar-refractivity contribution in [2.75, 3.05) is 38.5 Å². The van der Waals surface area contributed by atoms with Gasteiger partial charge in [0.2, 0.25) is 0 Å². The number of piperazine rings is 1. The maximum atomic E-state index is 12.4. The van der Waals surface area contributed by atoms with Crippen molar-refractivity contribution >= 4 is 22.8 Å². The first kappa shape index (κ1) is 17.3. The Kier molecular flexibility index (Phi) is 5.60. The van der Waals surface area contributed by atoms with Crippen LogP contribution in [0.15, 0.2) is 18.2 Å². The highest BCUT2D eigenvalue weighted by Gasteiger charge is 2.21. The largest absolute Gasteiger partial charge is 0.323 e. The van der Waals surface area contributed by atoms with Gasteiger partial charge in [-0.15, -0.1) is 0 Å². The third-order valence-electron chi connectivity index (χ3n) is 4.08. The summed E-state index contributed by atoms with van der Waals surface area (Å²) in [5, 5.41) is 8.39. The Hall–Kier alpha value is -2.08. The van der Waals surface area contributed by atoms with Gasteiger partial charge >= 0.3 is 6.03 Å². The van der Waals surface area contributed by atoms with E-state index < -0.39 is 0 Å². The van der Waals surface area contributed by atoms with Crippen LogP contribution in [0.1, 0.15) is 19.4 Å². The number of hydrogen-bond donors (Lipinski definition) is 1. The molecule has 0 spiro atoms. The first-order valence-electron chi connectivity index (χ1n) is 8.23. The monoisotopic (exact) mass is 317 g/mol. The molecule has 0 bridgehead atoms. The minimum absolute atomic E-state index is 0.0652. The van der Waals surface area contributed by atoms with Crippen LogP contribution >= 0.6 is 0 Å². The average molecular weight is 317 g/mol. The number of anilines is 1. The zero-order valence-corrected chi connectivity index (χ0v) is 14.8. The number of carbonyl (C=O) groups is 1. The van der Waals surface area contributed by atoms with E-state index in [1.807, 2.05) is 42.6 Å². The van der Waals surface area contributed by atoms with Gasteiger partial charge in [-0.2, -0.15) is 5.10 Å². The van der Waals surface area contributed by atoms with Crippen LogP contribution in [0.4, 0.5) is 10.6 Å². The highest BCUT2D eigenvalue weighted by Crippen LogP contribution is 2.25. The van der Waals surface area contributed by atoms with Gasteiger partial charge in [0.15, 0.2) is 5.82 Å². The molecule has 2 heterocycles. The quantitative estimate of drug-likeness (QED) is 0.880. The maximum Gasteiger partial charge on any atom is 0.323 e. The number of benzene rings is 1. The molecule has 0 saturated carbocycles. The van der Waals surface area contributed by atoms with Gasteiger partial charge in [-0.05, 0) is 25.6 Å². The number of carbonyl (C=O) groups excluding carboxylic acids is 1. The maximum absolute atomic E-state index is 12.4. The Morgan fingerprint density at radius 2 is 1.78 bits per heavy atom. The molecule has 23 heavy (non-hydrogen) atoms. The van der Waals surface area contributed by atoms with Crippen LogP contribution in [0, 0.1) is 6.92 Å². The van der Waals surface area contributed by atoms with E-state index >= 15 is 0 Å². The van der Waals surface area contributed by atoms with Gasteiger partial charge in [-0.3, -0.25) is 10.00 Å². The number of aryl methyl sites for hydroxylation is 2. The molecule has 1 N–H and O–H groups in total. The molecule has 0 aliphatic carbocycles. The summed E-state index contributed by atoms with van der Waals surface area (Å²) in [5.41, 5.74) is 2.22. The fourth-order valence-electron chi connectivity index (χ4n) is 2.82. The Bertz CT molecular complexity index is 671. The summed E-state index contributed by atoms with van der Waals surface area (Å²) in [6.45, 7) is 9.39. The Balaban J connectivity index is 0.000000924. The van der Waals surface area contributed by atoms with Crippen molar-refractivity contribution in [3.05, 3.63) is 23.8 Å². The first-order valence-corrected chi connectivity index (χ1v) is 8.23. The van der Waals surface area contributed by atoms with Gasteiger partial charge in [-0.25, -0.2) is 4.79 Å². The molecule has 0 atom stereocenters. The topological polar surface area (TPSA) is 53.4 Å². The Labute approximate surface area is 138 Å². The molecule has 126 valence electrons. The predicted molar refractivity (Wildman–Crippen MR) is 94.9 cm³/mol. The van der Waals surface area contributed by atoms with Crippen LogP contribution in [0.25, 0.3) is 10.9 Å². The number of para-hydroxylation sites is 1. The summed E-state index contributed by atoms with van der Waals surface area (Å²) in [5.74, 6) is 0.639. The summed E-state index contributed by atoms with van der Waals surface area (Å²) >= 11 is 0. The van der Waals surface area contributed by atoms with Gasteiger partial charge in [0, 0.05) is 38.6 Å². The van der Waals surface area contributed by atoms with E-state index in [1.165, 1.54) is 0 Å².